The Morgan fingerprint density at radius 2 is 0.677 bits per heavy atom. The molecule has 0 aromatic rings. The molecule has 0 aliphatic carbocycles. The second-order valence-electron chi connectivity index (χ2n) is 28.5. The Balaban J connectivity index is 2.15. The van der Waals surface area contributed by atoms with E-state index in [0.717, 1.165) is 44.9 Å². The van der Waals surface area contributed by atoms with Crippen molar-refractivity contribution >= 4 is 5.91 Å². The lowest BCUT2D eigenvalue weighted by Gasteiger charge is -2.40. The Labute approximate surface area is 574 Å². The molecule has 0 bridgehead atoms. The van der Waals surface area contributed by atoms with Gasteiger partial charge in [0.15, 0.2) is 6.29 Å². The second kappa shape index (κ2) is 70.0. The van der Waals surface area contributed by atoms with Gasteiger partial charge in [-0.25, -0.2) is 0 Å². The molecule has 1 heterocycles. The minimum Gasteiger partial charge on any atom is -0.394 e. The largest absolute Gasteiger partial charge is 0.394 e. The van der Waals surface area contributed by atoms with Crippen molar-refractivity contribution in [3.63, 3.8) is 0 Å². The van der Waals surface area contributed by atoms with Crippen LogP contribution in [0.4, 0.5) is 0 Å². The van der Waals surface area contributed by atoms with E-state index < -0.39 is 74.2 Å². The van der Waals surface area contributed by atoms with Gasteiger partial charge in [-0.1, -0.05) is 364 Å². The van der Waals surface area contributed by atoms with Gasteiger partial charge in [0.25, 0.3) is 0 Å². The summed E-state index contributed by atoms with van der Waals surface area (Å²) >= 11 is 0. The number of unbranched alkanes of at least 4 members (excludes halogenated alkanes) is 52. The third kappa shape index (κ3) is 56.6. The predicted octanol–water partition coefficient (Wildman–Crippen LogP) is 21.0. The summed E-state index contributed by atoms with van der Waals surface area (Å²) < 4.78 is 11.2. The molecule has 0 aromatic heterocycles. The zero-order valence-corrected chi connectivity index (χ0v) is 61.0. The number of hydrogen-bond donors (Lipinski definition) is 8. The average Bonchev–Trinajstić information content (AvgIpc) is 1.04. The number of aliphatic hydroxyl groups is 7. The molecule has 93 heavy (non-hydrogen) atoms. The SMILES string of the molecule is CCCCCCCCCCCCCCC/C=C\C/C=C\CCCCCCCCCCCCCCCCCCC(O)C(=O)NC(COC1OC(CO)C(O)C(O)C1O)C(O)C(O)CCC/C=C/CC/C=C/CCCCCCCCCCCCCCCCCCCCCCC. The molecule has 548 valence electrons. The van der Waals surface area contributed by atoms with Crippen LogP contribution < -0.4 is 5.32 Å². The Morgan fingerprint density at radius 1 is 0.376 bits per heavy atom. The van der Waals surface area contributed by atoms with Gasteiger partial charge in [0.05, 0.1) is 25.4 Å². The first-order valence-electron chi connectivity index (χ1n) is 40.5. The Morgan fingerprint density at radius 3 is 1.02 bits per heavy atom. The summed E-state index contributed by atoms with van der Waals surface area (Å²) in [5.41, 5.74) is 0. The maximum atomic E-state index is 13.3. The fourth-order valence-electron chi connectivity index (χ4n) is 13.1. The lowest BCUT2D eigenvalue weighted by molar-refractivity contribution is -0.303. The molecule has 0 saturated carbocycles. The van der Waals surface area contributed by atoms with Crippen molar-refractivity contribution in [1.29, 1.82) is 0 Å². The normalized spacial score (nSPS) is 18.5. The summed E-state index contributed by atoms with van der Waals surface area (Å²) in [6.07, 6.45) is 82.4. The van der Waals surface area contributed by atoms with Crippen LogP contribution in [0.15, 0.2) is 48.6 Å². The fraction of sp³-hybridized carbons (Fsp3) is 0.890. The number of hydrogen-bond acceptors (Lipinski definition) is 10. The number of amides is 1. The van der Waals surface area contributed by atoms with E-state index in [1.54, 1.807) is 0 Å². The van der Waals surface area contributed by atoms with Gasteiger partial charge in [0.2, 0.25) is 5.91 Å². The van der Waals surface area contributed by atoms with E-state index in [1.165, 1.54) is 308 Å². The maximum absolute atomic E-state index is 13.3. The van der Waals surface area contributed by atoms with Crippen molar-refractivity contribution in [3.05, 3.63) is 48.6 Å². The van der Waals surface area contributed by atoms with Crippen molar-refractivity contribution < 1.29 is 50.0 Å². The summed E-state index contributed by atoms with van der Waals surface area (Å²) in [4.78, 5) is 13.3. The average molecular weight is 1320 g/mol. The van der Waals surface area contributed by atoms with Gasteiger partial charge >= 0.3 is 0 Å². The highest BCUT2D eigenvalue weighted by Gasteiger charge is 2.44. The van der Waals surface area contributed by atoms with Gasteiger partial charge < -0.3 is 50.5 Å². The quantitative estimate of drug-likeness (QED) is 0.0215. The predicted molar refractivity (Wildman–Crippen MR) is 395 cm³/mol. The Bertz CT molecular complexity index is 1660. The van der Waals surface area contributed by atoms with Gasteiger partial charge in [-0.3, -0.25) is 4.79 Å². The molecule has 9 atom stereocenters. The maximum Gasteiger partial charge on any atom is 0.249 e. The first kappa shape index (κ1) is 89.1. The highest BCUT2D eigenvalue weighted by Crippen LogP contribution is 2.24. The van der Waals surface area contributed by atoms with Gasteiger partial charge in [-0.2, -0.15) is 0 Å². The molecular formula is C82H155NO10. The van der Waals surface area contributed by atoms with Gasteiger partial charge in [-0.05, 0) is 83.5 Å². The number of carbonyl (C=O) groups is 1. The van der Waals surface area contributed by atoms with Crippen LogP contribution >= 0.6 is 0 Å². The third-order valence-corrected chi connectivity index (χ3v) is 19.6. The zero-order chi connectivity index (χ0) is 67.4. The standard InChI is InChI=1S/C82H155NO10/c1-3-5-7-9-11-13-15-17-19-21-23-25-27-29-31-33-35-36-37-38-39-40-42-44-46-48-50-52-54-56-58-60-62-64-66-68-70-75(86)81(91)83-73(72-92-82-80(90)79(89)78(88)76(71-84)93-82)77(87)74(85)69-67-65-63-61-59-57-55-53-51-49-47-45-43-41-34-32-30-28-26-24-22-20-18-16-14-12-10-8-6-4-2/h31,33,36-37,53,55,61,63,73-80,82,84-90H,3-30,32,34-35,38-52,54,56-60,62,64-72H2,1-2H3,(H,83,91)/b33-31-,37-36-,55-53+,63-61+. The number of aliphatic hydroxyl groups excluding tert-OH is 7. The van der Waals surface area contributed by atoms with Crippen LogP contribution in [0.5, 0.6) is 0 Å². The summed E-state index contributed by atoms with van der Waals surface area (Å²) in [6.45, 7) is 3.50. The topological polar surface area (TPSA) is 189 Å². The minimum absolute atomic E-state index is 0.247. The van der Waals surface area contributed by atoms with Crippen LogP contribution in [0.3, 0.4) is 0 Å². The molecule has 8 N–H and O–H groups in total. The van der Waals surface area contributed by atoms with Crippen molar-refractivity contribution in [2.75, 3.05) is 13.2 Å². The van der Waals surface area contributed by atoms with E-state index in [2.05, 4.69) is 67.8 Å². The summed E-state index contributed by atoms with van der Waals surface area (Å²) in [5, 5.41) is 76.7. The van der Waals surface area contributed by atoms with Gasteiger partial charge in [0.1, 0.15) is 36.6 Å². The third-order valence-electron chi connectivity index (χ3n) is 19.6. The lowest BCUT2D eigenvalue weighted by Crippen LogP contribution is -2.60. The first-order valence-corrected chi connectivity index (χ1v) is 40.5. The monoisotopic (exact) mass is 1310 g/mol. The molecule has 0 radical (unpaired) electrons. The van der Waals surface area contributed by atoms with Crippen molar-refractivity contribution in [2.45, 2.75) is 454 Å². The molecule has 1 aliphatic rings. The number of carbonyl (C=O) groups excluding carboxylic acids is 1. The molecule has 1 aliphatic heterocycles. The smallest absolute Gasteiger partial charge is 0.249 e. The van der Waals surface area contributed by atoms with Crippen LogP contribution in [0.2, 0.25) is 0 Å². The lowest BCUT2D eigenvalue weighted by atomic mass is 9.98. The number of allylic oxidation sites excluding steroid dienone is 8. The van der Waals surface area contributed by atoms with Crippen LogP contribution in [-0.4, -0.2) is 110 Å². The van der Waals surface area contributed by atoms with Gasteiger partial charge in [0, 0.05) is 0 Å². The summed E-state index contributed by atoms with van der Waals surface area (Å²) in [5.74, 6) is -0.705. The van der Waals surface area contributed by atoms with Crippen LogP contribution in [-0.2, 0) is 14.3 Å². The second-order valence-corrected chi connectivity index (χ2v) is 28.5. The highest BCUT2D eigenvalue weighted by atomic mass is 16.7. The number of ether oxygens (including phenoxy) is 2. The van der Waals surface area contributed by atoms with E-state index in [1.807, 2.05) is 0 Å². The summed E-state index contributed by atoms with van der Waals surface area (Å²) in [7, 11) is 0. The van der Waals surface area contributed by atoms with E-state index in [-0.39, 0.29) is 12.8 Å². The molecule has 11 nitrogen and oxygen atoms in total. The fourth-order valence-corrected chi connectivity index (χ4v) is 13.1. The van der Waals surface area contributed by atoms with E-state index >= 15 is 0 Å². The molecule has 1 saturated heterocycles. The van der Waals surface area contributed by atoms with Crippen molar-refractivity contribution in [3.8, 4) is 0 Å². The highest BCUT2D eigenvalue weighted by molar-refractivity contribution is 5.80. The molecule has 11 heteroatoms. The van der Waals surface area contributed by atoms with Crippen LogP contribution in [0.25, 0.3) is 0 Å². The Kier molecular flexibility index (Phi) is 67.0. The molecule has 1 amide bonds. The van der Waals surface area contributed by atoms with Crippen LogP contribution in [0, 0.1) is 0 Å². The van der Waals surface area contributed by atoms with Gasteiger partial charge in [-0.15, -0.1) is 0 Å². The van der Waals surface area contributed by atoms with Crippen LogP contribution in [0.1, 0.15) is 399 Å². The number of nitrogens with one attached hydrogen (secondary N) is 1. The molecule has 0 spiro atoms. The van der Waals surface area contributed by atoms with E-state index in [4.69, 9.17) is 9.47 Å². The van der Waals surface area contributed by atoms with Crippen molar-refractivity contribution in [2.24, 2.45) is 0 Å². The summed E-state index contributed by atoms with van der Waals surface area (Å²) in [6, 6.07) is -1.19. The Hall–Kier alpha value is -1.93. The molecule has 1 fully saturated rings. The minimum atomic E-state index is -1.67. The van der Waals surface area contributed by atoms with E-state index in [0.29, 0.717) is 19.3 Å². The number of rotatable bonds is 72. The van der Waals surface area contributed by atoms with Crippen molar-refractivity contribution in [1.82, 2.24) is 5.32 Å². The zero-order valence-electron chi connectivity index (χ0n) is 61.0. The molecule has 0 aromatic carbocycles. The molecular weight excluding hydrogens is 1160 g/mol. The molecule has 1 rings (SSSR count). The first-order chi connectivity index (χ1) is 45.7. The molecule has 9 unspecified atom stereocenters. The van der Waals surface area contributed by atoms with E-state index in [9.17, 15) is 40.5 Å².